The van der Waals surface area contributed by atoms with Crippen molar-refractivity contribution in [2.45, 2.75) is 38.6 Å². The molecule has 0 radical (unpaired) electrons. The van der Waals surface area contributed by atoms with Crippen LogP contribution in [-0.2, 0) is 11.3 Å². The second-order valence-corrected chi connectivity index (χ2v) is 6.35. The Hall–Kier alpha value is -2.43. The molecule has 1 amide bonds. The molecule has 0 saturated heterocycles. The van der Waals surface area contributed by atoms with Crippen LogP contribution in [0.2, 0.25) is 0 Å². The normalized spacial score (nSPS) is 14.7. The third kappa shape index (κ3) is 4.31. The van der Waals surface area contributed by atoms with Crippen molar-refractivity contribution in [2.75, 3.05) is 6.54 Å². The number of rotatable bonds is 6. The lowest BCUT2D eigenvalue weighted by Gasteiger charge is -2.11. The molecule has 1 saturated carbocycles. The third-order valence-corrected chi connectivity index (χ3v) is 4.53. The van der Waals surface area contributed by atoms with E-state index in [2.05, 4.69) is 10.4 Å². The molecule has 24 heavy (non-hydrogen) atoms. The number of aromatic nitrogens is 2. The molecular weight excluding hydrogens is 302 g/mol. The summed E-state index contributed by atoms with van der Waals surface area (Å²) in [5.74, 6) is 0.612. The van der Waals surface area contributed by atoms with Crippen LogP contribution in [0.25, 0.3) is 11.3 Å². The summed E-state index contributed by atoms with van der Waals surface area (Å²) in [7, 11) is 0. The van der Waals surface area contributed by atoms with E-state index in [0.717, 1.165) is 24.1 Å². The molecule has 1 aliphatic rings. The number of carbonyl (C=O) groups is 1. The molecular formula is C19H23N3O2. The summed E-state index contributed by atoms with van der Waals surface area (Å²) in [5.41, 5.74) is 1.57. The highest BCUT2D eigenvalue weighted by Gasteiger charge is 2.18. The molecule has 0 aliphatic heterocycles. The van der Waals surface area contributed by atoms with Gasteiger partial charge in [0, 0.05) is 24.6 Å². The van der Waals surface area contributed by atoms with Crippen LogP contribution in [0.4, 0.5) is 0 Å². The standard InChI is InChI=1S/C19H23N3O2/c23-18(14-15-6-4-5-7-15)20-12-13-22-19(24)11-10-17(21-22)16-8-2-1-3-9-16/h1-3,8-11,15H,4-7,12-14H2,(H,20,23). The summed E-state index contributed by atoms with van der Waals surface area (Å²) in [6.45, 7) is 0.812. The largest absolute Gasteiger partial charge is 0.354 e. The van der Waals surface area contributed by atoms with Crippen LogP contribution >= 0.6 is 0 Å². The maximum atomic E-state index is 11.9. The van der Waals surface area contributed by atoms with Gasteiger partial charge in [0.25, 0.3) is 5.56 Å². The Bertz CT molecular complexity index is 734. The first-order valence-corrected chi connectivity index (χ1v) is 8.62. The van der Waals surface area contributed by atoms with Crippen molar-refractivity contribution in [3.05, 3.63) is 52.8 Å². The molecule has 0 unspecified atom stereocenters. The van der Waals surface area contributed by atoms with E-state index in [1.807, 2.05) is 30.3 Å². The highest BCUT2D eigenvalue weighted by molar-refractivity contribution is 5.76. The predicted octanol–water partition coefficient (Wildman–Crippen LogP) is 2.61. The van der Waals surface area contributed by atoms with Crippen LogP contribution in [0, 0.1) is 5.92 Å². The quantitative estimate of drug-likeness (QED) is 0.888. The molecule has 5 nitrogen and oxygen atoms in total. The lowest BCUT2D eigenvalue weighted by Crippen LogP contribution is -2.32. The van der Waals surface area contributed by atoms with Crippen molar-refractivity contribution >= 4 is 5.91 Å². The Kier molecular flexibility index (Phi) is 5.41. The first-order chi connectivity index (χ1) is 11.7. The van der Waals surface area contributed by atoms with Gasteiger partial charge in [-0.2, -0.15) is 5.10 Å². The van der Waals surface area contributed by atoms with E-state index in [9.17, 15) is 9.59 Å². The second kappa shape index (κ2) is 7.90. The van der Waals surface area contributed by atoms with Gasteiger partial charge in [-0.1, -0.05) is 43.2 Å². The summed E-state index contributed by atoms with van der Waals surface area (Å²) in [6, 6.07) is 13.0. The SMILES string of the molecule is O=C(CC1CCCC1)NCCn1nc(-c2ccccc2)ccc1=O. The third-order valence-electron chi connectivity index (χ3n) is 4.53. The van der Waals surface area contributed by atoms with Crippen molar-refractivity contribution in [1.82, 2.24) is 15.1 Å². The minimum Gasteiger partial charge on any atom is -0.354 e. The average Bonchev–Trinajstić information content (AvgIpc) is 3.10. The summed E-state index contributed by atoms with van der Waals surface area (Å²) in [6.07, 6.45) is 5.40. The highest BCUT2D eigenvalue weighted by Crippen LogP contribution is 2.27. The lowest BCUT2D eigenvalue weighted by molar-refractivity contribution is -0.122. The minimum absolute atomic E-state index is 0.0779. The zero-order valence-electron chi connectivity index (χ0n) is 13.8. The van der Waals surface area contributed by atoms with Gasteiger partial charge in [-0.15, -0.1) is 0 Å². The topological polar surface area (TPSA) is 64.0 Å². The predicted molar refractivity (Wildman–Crippen MR) is 93.5 cm³/mol. The Morgan fingerprint density at radius 1 is 1.12 bits per heavy atom. The van der Waals surface area contributed by atoms with Crippen LogP contribution in [0.1, 0.15) is 32.1 Å². The average molecular weight is 325 g/mol. The number of benzene rings is 1. The zero-order valence-corrected chi connectivity index (χ0v) is 13.8. The van der Waals surface area contributed by atoms with Gasteiger partial charge in [-0.25, -0.2) is 4.68 Å². The van der Waals surface area contributed by atoms with E-state index in [0.29, 0.717) is 25.4 Å². The maximum Gasteiger partial charge on any atom is 0.266 e. The number of hydrogen-bond acceptors (Lipinski definition) is 3. The molecule has 1 N–H and O–H groups in total. The fraction of sp³-hybridized carbons (Fsp3) is 0.421. The molecule has 1 fully saturated rings. The Morgan fingerprint density at radius 2 is 1.88 bits per heavy atom. The van der Waals surface area contributed by atoms with Crippen LogP contribution < -0.4 is 10.9 Å². The summed E-state index contributed by atoms with van der Waals surface area (Å²) < 4.78 is 1.41. The van der Waals surface area contributed by atoms with Crippen molar-refractivity contribution < 1.29 is 4.79 Å². The van der Waals surface area contributed by atoms with Gasteiger partial charge in [-0.05, 0) is 24.8 Å². The monoisotopic (exact) mass is 325 g/mol. The lowest BCUT2D eigenvalue weighted by atomic mass is 10.0. The van der Waals surface area contributed by atoms with E-state index >= 15 is 0 Å². The number of amides is 1. The van der Waals surface area contributed by atoms with Crippen molar-refractivity contribution in [3.63, 3.8) is 0 Å². The summed E-state index contributed by atoms with van der Waals surface area (Å²) in [5, 5.41) is 7.30. The van der Waals surface area contributed by atoms with Gasteiger partial charge >= 0.3 is 0 Å². The second-order valence-electron chi connectivity index (χ2n) is 6.35. The molecule has 1 aliphatic carbocycles. The van der Waals surface area contributed by atoms with Gasteiger partial charge in [0.2, 0.25) is 5.91 Å². The van der Waals surface area contributed by atoms with E-state index in [1.54, 1.807) is 6.07 Å². The van der Waals surface area contributed by atoms with Gasteiger partial charge in [-0.3, -0.25) is 9.59 Å². The summed E-state index contributed by atoms with van der Waals surface area (Å²) >= 11 is 0. The van der Waals surface area contributed by atoms with Gasteiger partial charge in [0.1, 0.15) is 0 Å². The molecule has 2 aromatic rings. The minimum atomic E-state index is -0.153. The van der Waals surface area contributed by atoms with Crippen LogP contribution in [0.5, 0.6) is 0 Å². The molecule has 0 bridgehead atoms. The zero-order chi connectivity index (χ0) is 16.8. The molecule has 0 atom stereocenters. The molecule has 0 spiro atoms. The molecule has 1 aromatic heterocycles. The molecule has 1 heterocycles. The first kappa shape index (κ1) is 16.4. The van der Waals surface area contributed by atoms with Gasteiger partial charge in [0.05, 0.1) is 12.2 Å². The van der Waals surface area contributed by atoms with Crippen LogP contribution in [-0.4, -0.2) is 22.2 Å². The molecule has 126 valence electrons. The molecule has 3 rings (SSSR count). The highest BCUT2D eigenvalue weighted by atomic mass is 16.1. The first-order valence-electron chi connectivity index (χ1n) is 8.62. The van der Waals surface area contributed by atoms with E-state index < -0.39 is 0 Å². The Labute approximate surface area is 141 Å². The van der Waals surface area contributed by atoms with E-state index in [4.69, 9.17) is 0 Å². The smallest absolute Gasteiger partial charge is 0.266 e. The Morgan fingerprint density at radius 3 is 2.62 bits per heavy atom. The van der Waals surface area contributed by atoms with Crippen LogP contribution in [0.15, 0.2) is 47.3 Å². The maximum absolute atomic E-state index is 11.9. The summed E-state index contributed by atoms with van der Waals surface area (Å²) in [4.78, 5) is 23.9. The van der Waals surface area contributed by atoms with E-state index in [1.165, 1.54) is 23.6 Å². The van der Waals surface area contributed by atoms with E-state index in [-0.39, 0.29) is 11.5 Å². The van der Waals surface area contributed by atoms with Gasteiger partial charge < -0.3 is 5.32 Å². The number of hydrogen-bond donors (Lipinski definition) is 1. The fourth-order valence-corrected chi connectivity index (χ4v) is 3.22. The number of carbonyl (C=O) groups excluding carboxylic acids is 1. The Balaban J connectivity index is 1.56. The fourth-order valence-electron chi connectivity index (χ4n) is 3.22. The molecule has 1 aromatic carbocycles. The van der Waals surface area contributed by atoms with Crippen molar-refractivity contribution in [2.24, 2.45) is 5.92 Å². The van der Waals surface area contributed by atoms with Gasteiger partial charge in [0.15, 0.2) is 0 Å². The number of nitrogens with zero attached hydrogens (tertiary/aromatic N) is 2. The van der Waals surface area contributed by atoms with Crippen LogP contribution in [0.3, 0.4) is 0 Å². The van der Waals surface area contributed by atoms with Crippen molar-refractivity contribution in [1.29, 1.82) is 0 Å². The number of nitrogens with one attached hydrogen (secondary N) is 1. The van der Waals surface area contributed by atoms with Crippen molar-refractivity contribution in [3.8, 4) is 11.3 Å². The molecule has 5 heteroatoms.